The Morgan fingerprint density at radius 1 is 1.17 bits per heavy atom. The molecule has 122 valence electrons. The number of thiophene rings is 1. The molecule has 0 spiro atoms. The predicted molar refractivity (Wildman–Crippen MR) is 95.3 cm³/mol. The maximum atomic E-state index is 12.3. The second-order valence-electron chi connectivity index (χ2n) is 6.27. The van der Waals surface area contributed by atoms with Gasteiger partial charge in [0, 0.05) is 28.8 Å². The third kappa shape index (κ3) is 4.66. The van der Waals surface area contributed by atoms with E-state index in [0.29, 0.717) is 6.54 Å². The highest BCUT2D eigenvalue weighted by atomic mass is 32.1. The first-order valence-electron chi connectivity index (χ1n) is 8.30. The number of aryl methyl sites for hydroxylation is 1. The molecule has 2 heterocycles. The van der Waals surface area contributed by atoms with Gasteiger partial charge < -0.3 is 5.32 Å². The Balaban J connectivity index is 1.42. The highest BCUT2D eigenvalue weighted by Gasteiger charge is 2.24. The van der Waals surface area contributed by atoms with Crippen molar-refractivity contribution in [2.75, 3.05) is 13.1 Å². The van der Waals surface area contributed by atoms with E-state index in [9.17, 15) is 4.79 Å². The van der Waals surface area contributed by atoms with Crippen molar-refractivity contribution in [1.29, 1.82) is 0 Å². The first-order chi connectivity index (χ1) is 11.2. The lowest BCUT2D eigenvalue weighted by Gasteiger charge is -2.30. The van der Waals surface area contributed by atoms with Gasteiger partial charge in [-0.2, -0.15) is 0 Å². The summed E-state index contributed by atoms with van der Waals surface area (Å²) in [5, 5.41) is 3.08. The Labute approximate surface area is 142 Å². The number of benzene rings is 1. The van der Waals surface area contributed by atoms with Crippen LogP contribution in [-0.2, 0) is 17.9 Å². The van der Waals surface area contributed by atoms with Gasteiger partial charge in [0.15, 0.2) is 0 Å². The molecule has 1 fully saturated rings. The van der Waals surface area contributed by atoms with Gasteiger partial charge in [0.1, 0.15) is 0 Å². The van der Waals surface area contributed by atoms with Crippen LogP contribution in [0.4, 0.5) is 0 Å². The predicted octanol–water partition coefficient (Wildman–Crippen LogP) is 3.58. The maximum absolute atomic E-state index is 12.3. The van der Waals surface area contributed by atoms with Crippen LogP contribution in [0.2, 0.25) is 0 Å². The summed E-state index contributed by atoms with van der Waals surface area (Å²) in [6.07, 6.45) is 1.93. The number of hydrogen-bond acceptors (Lipinski definition) is 3. The molecule has 1 aliphatic rings. The zero-order valence-electron chi connectivity index (χ0n) is 13.6. The molecule has 1 N–H and O–H groups in total. The third-order valence-corrected chi connectivity index (χ3v) is 5.43. The van der Waals surface area contributed by atoms with Crippen LogP contribution in [0, 0.1) is 12.8 Å². The summed E-state index contributed by atoms with van der Waals surface area (Å²) in [7, 11) is 0. The number of piperidine rings is 1. The summed E-state index contributed by atoms with van der Waals surface area (Å²) in [6.45, 7) is 5.84. The largest absolute Gasteiger partial charge is 0.352 e. The normalized spacial score (nSPS) is 16.4. The van der Waals surface area contributed by atoms with E-state index in [1.807, 2.05) is 41.7 Å². The van der Waals surface area contributed by atoms with Crippen LogP contribution < -0.4 is 5.32 Å². The molecule has 0 atom stereocenters. The Kier molecular flexibility index (Phi) is 5.47. The molecule has 1 amide bonds. The molecule has 0 unspecified atom stereocenters. The van der Waals surface area contributed by atoms with Gasteiger partial charge in [-0.1, -0.05) is 30.3 Å². The van der Waals surface area contributed by atoms with Crippen LogP contribution in [0.1, 0.15) is 28.2 Å². The number of nitrogens with zero attached hydrogens (tertiary/aromatic N) is 1. The Morgan fingerprint density at radius 2 is 1.91 bits per heavy atom. The highest BCUT2D eigenvalue weighted by Crippen LogP contribution is 2.22. The number of rotatable bonds is 5. The van der Waals surface area contributed by atoms with Crippen molar-refractivity contribution in [2.45, 2.75) is 32.9 Å². The molecule has 0 aliphatic carbocycles. The van der Waals surface area contributed by atoms with Gasteiger partial charge in [0.25, 0.3) is 0 Å². The van der Waals surface area contributed by atoms with E-state index < -0.39 is 0 Å². The van der Waals surface area contributed by atoms with Crippen LogP contribution >= 0.6 is 11.3 Å². The molecule has 3 rings (SSSR count). The minimum atomic E-state index is 0.167. The fourth-order valence-electron chi connectivity index (χ4n) is 3.07. The van der Waals surface area contributed by atoms with E-state index >= 15 is 0 Å². The highest BCUT2D eigenvalue weighted by molar-refractivity contribution is 7.11. The van der Waals surface area contributed by atoms with Crippen LogP contribution in [0.3, 0.4) is 0 Å². The molecule has 1 aliphatic heterocycles. The summed E-state index contributed by atoms with van der Waals surface area (Å²) in [5.41, 5.74) is 1.16. The fourth-order valence-corrected chi connectivity index (χ4v) is 4.01. The third-order valence-electron chi connectivity index (χ3n) is 4.44. The molecule has 4 heteroatoms. The molecule has 0 saturated carbocycles. The fraction of sp³-hybridized carbons (Fsp3) is 0.421. The number of carbonyl (C=O) groups excluding carboxylic acids is 1. The summed E-state index contributed by atoms with van der Waals surface area (Å²) >= 11 is 1.87. The quantitative estimate of drug-likeness (QED) is 0.910. The minimum Gasteiger partial charge on any atom is -0.352 e. The van der Waals surface area contributed by atoms with E-state index in [4.69, 9.17) is 0 Å². The second-order valence-corrected chi connectivity index (χ2v) is 7.64. The van der Waals surface area contributed by atoms with Gasteiger partial charge >= 0.3 is 0 Å². The van der Waals surface area contributed by atoms with Crippen LogP contribution in [0.15, 0.2) is 42.5 Å². The number of carbonyl (C=O) groups is 1. The van der Waals surface area contributed by atoms with Crippen molar-refractivity contribution in [3.05, 3.63) is 57.8 Å². The van der Waals surface area contributed by atoms with Gasteiger partial charge in [0.2, 0.25) is 5.91 Å². The zero-order valence-corrected chi connectivity index (χ0v) is 14.4. The van der Waals surface area contributed by atoms with Gasteiger partial charge in [0.05, 0.1) is 0 Å². The Bertz CT molecular complexity index is 630. The van der Waals surface area contributed by atoms with Gasteiger partial charge in [-0.25, -0.2) is 0 Å². The van der Waals surface area contributed by atoms with Crippen molar-refractivity contribution >= 4 is 17.2 Å². The standard InChI is InChI=1S/C19H24N2OS/c1-15-7-8-18(23-15)14-21-11-9-17(10-12-21)19(22)20-13-16-5-3-2-4-6-16/h2-8,17H,9-14H2,1H3,(H,20,22). The minimum absolute atomic E-state index is 0.167. The van der Waals surface area contributed by atoms with Gasteiger partial charge in [-0.15, -0.1) is 11.3 Å². The molecule has 1 aromatic carbocycles. The lowest BCUT2D eigenvalue weighted by atomic mass is 9.96. The summed E-state index contributed by atoms with van der Waals surface area (Å²) in [5.74, 6) is 0.375. The van der Waals surface area contributed by atoms with Crippen LogP contribution in [-0.4, -0.2) is 23.9 Å². The number of amides is 1. The van der Waals surface area contributed by atoms with Crippen LogP contribution in [0.5, 0.6) is 0 Å². The number of nitrogens with one attached hydrogen (secondary N) is 1. The van der Waals surface area contributed by atoms with E-state index in [1.165, 1.54) is 9.75 Å². The molecular formula is C19H24N2OS. The molecule has 23 heavy (non-hydrogen) atoms. The Morgan fingerprint density at radius 3 is 2.57 bits per heavy atom. The maximum Gasteiger partial charge on any atom is 0.223 e. The average Bonchev–Trinajstić information content (AvgIpc) is 2.99. The van der Waals surface area contributed by atoms with Crippen molar-refractivity contribution in [1.82, 2.24) is 10.2 Å². The van der Waals surface area contributed by atoms with E-state index in [1.54, 1.807) is 0 Å². The lowest BCUT2D eigenvalue weighted by molar-refractivity contribution is -0.126. The molecule has 1 saturated heterocycles. The van der Waals surface area contributed by atoms with Crippen molar-refractivity contribution < 1.29 is 4.79 Å². The number of likely N-dealkylation sites (tertiary alicyclic amines) is 1. The molecule has 0 bridgehead atoms. The van der Waals surface area contributed by atoms with Crippen molar-refractivity contribution in [2.24, 2.45) is 5.92 Å². The van der Waals surface area contributed by atoms with Gasteiger partial charge in [-0.3, -0.25) is 9.69 Å². The summed E-state index contributed by atoms with van der Waals surface area (Å²) in [6, 6.07) is 14.5. The molecule has 1 aromatic heterocycles. The smallest absolute Gasteiger partial charge is 0.223 e. The Hall–Kier alpha value is -1.65. The summed E-state index contributed by atoms with van der Waals surface area (Å²) < 4.78 is 0. The van der Waals surface area contributed by atoms with E-state index in [2.05, 4.69) is 29.3 Å². The topological polar surface area (TPSA) is 32.3 Å². The monoisotopic (exact) mass is 328 g/mol. The van der Waals surface area contributed by atoms with E-state index in [-0.39, 0.29) is 11.8 Å². The SMILES string of the molecule is Cc1ccc(CN2CCC(C(=O)NCc3ccccc3)CC2)s1. The van der Waals surface area contributed by atoms with E-state index in [0.717, 1.165) is 38.0 Å². The van der Waals surface area contributed by atoms with Gasteiger partial charge in [-0.05, 0) is 50.6 Å². The molecule has 3 nitrogen and oxygen atoms in total. The molecule has 0 radical (unpaired) electrons. The van der Waals surface area contributed by atoms with Crippen LogP contribution in [0.25, 0.3) is 0 Å². The number of hydrogen-bond donors (Lipinski definition) is 1. The lowest BCUT2D eigenvalue weighted by Crippen LogP contribution is -2.39. The van der Waals surface area contributed by atoms with Crippen molar-refractivity contribution in [3.63, 3.8) is 0 Å². The average molecular weight is 328 g/mol. The zero-order chi connectivity index (χ0) is 16.1. The van der Waals surface area contributed by atoms with Crippen molar-refractivity contribution in [3.8, 4) is 0 Å². The second kappa shape index (κ2) is 7.75. The first-order valence-corrected chi connectivity index (χ1v) is 9.11. The summed E-state index contributed by atoms with van der Waals surface area (Å²) in [4.78, 5) is 17.6. The first kappa shape index (κ1) is 16.2. The molecule has 2 aromatic rings. The molecular weight excluding hydrogens is 304 g/mol.